The molecule has 1 aromatic heterocycles. The van der Waals surface area contributed by atoms with Crippen LogP contribution in [-0.4, -0.2) is 11.5 Å². The number of nitrogens with one attached hydrogen (secondary N) is 1. The Hall–Kier alpha value is -1.37. The second-order valence-electron chi connectivity index (χ2n) is 4.69. The van der Waals surface area contributed by atoms with E-state index in [0.717, 1.165) is 6.07 Å². The predicted octanol–water partition coefficient (Wildman–Crippen LogP) is 5.29. The number of aryl methyl sites for hydroxylation is 1. The van der Waals surface area contributed by atoms with Crippen LogP contribution >= 0.6 is 15.9 Å². The van der Waals surface area contributed by atoms with Gasteiger partial charge in [-0.25, -0.2) is 9.37 Å². The Labute approximate surface area is 127 Å². The lowest BCUT2D eigenvalue weighted by Gasteiger charge is -2.15. The zero-order valence-electron chi connectivity index (χ0n) is 11.4. The Morgan fingerprint density at radius 1 is 1.29 bits per heavy atom. The Balaban J connectivity index is 2.81. The van der Waals surface area contributed by atoms with Crippen molar-refractivity contribution < 1.29 is 17.6 Å². The number of alkyl halides is 3. The molecule has 1 heterocycles. The number of rotatable bonds is 3. The number of halogens is 5. The second-order valence-corrected chi connectivity index (χ2v) is 5.55. The van der Waals surface area contributed by atoms with Gasteiger partial charge >= 0.3 is 6.18 Å². The van der Waals surface area contributed by atoms with Crippen molar-refractivity contribution in [1.82, 2.24) is 4.98 Å². The maximum atomic E-state index is 14.3. The number of anilines is 1. The van der Waals surface area contributed by atoms with Crippen molar-refractivity contribution in [3.05, 3.63) is 33.7 Å². The molecule has 114 valence electrons. The summed E-state index contributed by atoms with van der Waals surface area (Å²) in [6.07, 6.45) is -3.87. The average molecular weight is 365 g/mol. The van der Waals surface area contributed by atoms with Gasteiger partial charge in [0.15, 0.2) is 0 Å². The third-order valence-electron chi connectivity index (χ3n) is 3.02. The summed E-state index contributed by atoms with van der Waals surface area (Å²) in [5.41, 5.74) is -0.428. The quantitative estimate of drug-likeness (QED) is 0.748. The number of nitrogens with zero attached hydrogens (tertiary/aromatic N) is 1. The summed E-state index contributed by atoms with van der Waals surface area (Å²) in [5, 5.41) is 2.92. The van der Waals surface area contributed by atoms with Crippen LogP contribution in [0.5, 0.6) is 0 Å². The minimum absolute atomic E-state index is 0.0177. The standard InChI is InChI=1S/C14H13BrF4N2/c1-3-4-20-9-6-10(14(17,18)19)21-13-7(2)5-8(15)12(16)11(9)13/h5-6H,3-4H2,1-2H3,(H,20,21). The molecule has 0 spiro atoms. The molecule has 0 saturated carbocycles. The molecule has 2 nitrogen and oxygen atoms in total. The largest absolute Gasteiger partial charge is 0.433 e. The van der Waals surface area contributed by atoms with Gasteiger partial charge in [0.2, 0.25) is 0 Å². The van der Waals surface area contributed by atoms with Crippen molar-refractivity contribution >= 4 is 32.5 Å². The molecule has 1 aromatic carbocycles. The molecule has 7 heteroatoms. The normalized spacial score (nSPS) is 12.0. The minimum Gasteiger partial charge on any atom is -0.384 e. The zero-order valence-corrected chi connectivity index (χ0v) is 13.0. The summed E-state index contributed by atoms with van der Waals surface area (Å²) >= 11 is 3.07. The summed E-state index contributed by atoms with van der Waals surface area (Å²) in [6, 6.07) is 2.28. The molecule has 1 N–H and O–H groups in total. The van der Waals surface area contributed by atoms with E-state index >= 15 is 0 Å². The molecule has 0 unspecified atom stereocenters. The first-order chi connectivity index (χ1) is 9.75. The maximum absolute atomic E-state index is 14.3. The molecule has 0 atom stereocenters. The molecule has 0 saturated heterocycles. The van der Waals surface area contributed by atoms with Crippen LogP contribution in [0, 0.1) is 12.7 Å². The van der Waals surface area contributed by atoms with Crippen molar-refractivity contribution in [2.24, 2.45) is 0 Å². The SMILES string of the molecule is CCCNc1cc(C(F)(F)F)nc2c(C)cc(Br)c(F)c12. The highest BCUT2D eigenvalue weighted by molar-refractivity contribution is 9.10. The molecule has 0 bridgehead atoms. The summed E-state index contributed by atoms with van der Waals surface area (Å²) in [4.78, 5) is 3.59. The van der Waals surface area contributed by atoms with E-state index in [1.54, 1.807) is 6.92 Å². The van der Waals surface area contributed by atoms with E-state index < -0.39 is 17.7 Å². The fourth-order valence-electron chi connectivity index (χ4n) is 2.04. The third-order valence-corrected chi connectivity index (χ3v) is 3.60. The number of aromatic nitrogens is 1. The van der Waals surface area contributed by atoms with Crippen LogP contribution in [0.4, 0.5) is 23.2 Å². The fourth-order valence-corrected chi connectivity index (χ4v) is 2.58. The van der Waals surface area contributed by atoms with Gasteiger partial charge in [-0.1, -0.05) is 6.92 Å². The molecule has 0 aliphatic rings. The van der Waals surface area contributed by atoms with Gasteiger partial charge in [0, 0.05) is 12.2 Å². The van der Waals surface area contributed by atoms with E-state index in [2.05, 4.69) is 26.2 Å². The zero-order chi connectivity index (χ0) is 15.8. The van der Waals surface area contributed by atoms with Crippen molar-refractivity contribution in [2.45, 2.75) is 26.4 Å². The van der Waals surface area contributed by atoms with E-state index in [1.165, 1.54) is 6.07 Å². The smallest absolute Gasteiger partial charge is 0.384 e. The maximum Gasteiger partial charge on any atom is 0.433 e. The van der Waals surface area contributed by atoms with Crippen LogP contribution in [0.15, 0.2) is 16.6 Å². The molecule has 21 heavy (non-hydrogen) atoms. The van der Waals surface area contributed by atoms with Crippen LogP contribution in [0.25, 0.3) is 10.9 Å². The van der Waals surface area contributed by atoms with Crippen molar-refractivity contribution in [3.63, 3.8) is 0 Å². The average Bonchev–Trinajstić information content (AvgIpc) is 2.40. The van der Waals surface area contributed by atoms with Crippen molar-refractivity contribution in [2.75, 3.05) is 11.9 Å². The van der Waals surface area contributed by atoms with Gasteiger partial charge in [0.25, 0.3) is 0 Å². The van der Waals surface area contributed by atoms with Crippen LogP contribution in [-0.2, 0) is 6.18 Å². The number of benzene rings is 1. The highest BCUT2D eigenvalue weighted by Crippen LogP contribution is 2.37. The first kappa shape index (κ1) is 16.0. The Bertz CT molecular complexity index is 683. The lowest BCUT2D eigenvalue weighted by Crippen LogP contribution is -2.11. The lowest BCUT2D eigenvalue weighted by molar-refractivity contribution is -0.140. The molecule has 0 aliphatic carbocycles. The number of hydrogen-bond donors (Lipinski definition) is 1. The van der Waals surface area contributed by atoms with Gasteiger partial charge in [-0.2, -0.15) is 13.2 Å². The van der Waals surface area contributed by atoms with Crippen LogP contribution in [0.1, 0.15) is 24.6 Å². The third kappa shape index (κ3) is 3.12. The first-order valence-electron chi connectivity index (χ1n) is 6.36. The van der Waals surface area contributed by atoms with Gasteiger partial charge in [-0.05, 0) is 47.0 Å². The molecular formula is C14H13BrF4N2. The van der Waals surface area contributed by atoms with Gasteiger partial charge in [0.05, 0.1) is 15.4 Å². The molecule has 2 aromatic rings. The van der Waals surface area contributed by atoms with Crippen molar-refractivity contribution in [3.8, 4) is 0 Å². The lowest BCUT2D eigenvalue weighted by atomic mass is 10.1. The molecule has 2 rings (SSSR count). The topological polar surface area (TPSA) is 24.9 Å². The Morgan fingerprint density at radius 3 is 2.52 bits per heavy atom. The van der Waals surface area contributed by atoms with Crippen LogP contribution in [0.2, 0.25) is 0 Å². The fraction of sp³-hybridized carbons (Fsp3) is 0.357. The summed E-state index contributed by atoms with van der Waals surface area (Å²) < 4.78 is 53.3. The minimum atomic E-state index is -4.58. The van der Waals surface area contributed by atoms with Gasteiger partial charge in [-0.3, -0.25) is 0 Å². The molecule has 0 amide bonds. The Morgan fingerprint density at radius 2 is 1.95 bits per heavy atom. The summed E-state index contributed by atoms with van der Waals surface area (Å²) in [6.45, 7) is 3.92. The molecule has 0 aliphatic heterocycles. The molecule has 0 fully saturated rings. The van der Waals surface area contributed by atoms with Gasteiger partial charge in [0.1, 0.15) is 11.5 Å². The second kappa shape index (κ2) is 5.79. The summed E-state index contributed by atoms with van der Waals surface area (Å²) in [5.74, 6) is -0.615. The van der Waals surface area contributed by atoms with Gasteiger partial charge < -0.3 is 5.32 Å². The van der Waals surface area contributed by atoms with E-state index in [1.807, 2.05) is 6.92 Å². The highest BCUT2D eigenvalue weighted by atomic mass is 79.9. The number of pyridine rings is 1. The molecular weight excluding hydrogens is 352 g/mol. The van der Waals surface area contributed by atoms with Crippen molar-refractivity contribution in [1.29, 1.82) is 0 Å². The Kier molecular flexibility index (Phi) is 4.41. The van der Waals surface area contributed by atoms with Crippen LogP contribution < -0.4 is 5.32 Å². The van der Waals surface area contributed by atoms with E-state index in [9.17, 15) is 17.6 Å². The first-order valence-corrected chi connectivity index (χ1v) is 7.15. The van der Waals surface area contributed by atoms with E-state index in [-0.39, 0.29) is 21.1 Å². The highest BCUT2D eigenvalue weighted by Gasteiger charge is 2.34. The van der Waals surface area contributed by atoms with E-state index in [0.29, 0.717) is 18.5 Å². The predicted molar refractivity (Wildman–Crippen MR) is 77.9 cm³/mol. The summed E-state index contributed by atoms with van der Waals surface area (Å²) in [7, 11) is 0. The molecule has 0 radical (unpaired) electrons. The van der Waals surface area contributed by atoms with Crippen LogP contribution in [0.3, 0.4) is 0 Å². The van der Waals surface area contributed by atoms with E-state index in [4.69, 9.17) is 0 Å². The monoisotopic (exact) mass is 364 g/mol. The van der Waals surface area contributed by atoms with Gasteiger partial charge in [-0.15, -0.1) is 0 Å². The number of fused-ring (bicyclic) bond motifs is 1. The number of hydrogen-bond acceptors (Lipinski definition) is 2.